The zero-order chi connectivity index (χ0) is 20.8. The summed E-state index contributed by atoms with van der Waals surface area (Å²) in [6.07, 6.45) is 2.08. The molecule has 29 heavy (non-hydrogen) atoms. The predicted octanol–water partition coefficient (Wildman–Crippen LogP) is 1.94. The van der Waals surface area contributed by atoms with Crippen molar-refractivity contribution in [2.75, 3.05) is 13.2 Å². The van der Waals surface area contributed by atoms with Crippen LogP contribution in [0.25, 0.3) is 0 Å². The molecule has 150 valence electrons. The van der Waals surface area contributed by atoms with Gasteiger partial charge in [0.2, 0.25) is 5.91 Å². The Morgan fingerprint density at radius 2 is 1.59 bits per heavy atom. The Labute approximate surface area is 168 Å². The number of nitrogens with zero attached hydrogens (tertiary/aromatic N) is 1. The molecule has 1 aliphatic rings. The first-order valence-electron chi connectivity index (χ1n) is 9.43. The average Bonchev–Trinajstić information content (AvgIpc) is 2.77. The van der Waals surface area contributed by atoms with E-state index >= 15 is 0 Å². The highest BCUT2D eigenvalue weighted by Gasteiger charge is 2.31. The van der Waals surface area contributed by atoms with E-state index in [0.29, 0.717) is 18.5 Å². The van der Waals surface area contributed by atoms with Crippen LogP contribution in [0.1, 0.15) is 45.5 Å². The molecule has 3 rings (SSSR count). The van der Waals surface area contributed by atoms with Gasteiger partial charge >= 0.3 is 5.97 Å². The first kappa shape index (κ1) is 20.3. The van der Waals surface area contributed by atoms with Crippen molar-refractivity contribution in [1.29, 1.82) is 0 Å². The van der Waals surface area contributed by atoms with Crippen molar-refractivity contribution in [1.82, 2.24) is 4.90 Å². The molecule has 2 aromatic rings. The van der Waals surface area contributed by atoms with Crippen molar-refractivity contribution in [3.8, 4) is 0 Å². The fraction of sp³-hybridized carbons (Fsp3) is 0.273. The normalized spacial score (nSPS) is 16.1. The molecule has 2 aromatic carbocycles. The topological polar surface area (TPSA) is 107 Å². The maximum absolute atomic E-state index is 12.7. The summed E-state index contributed by atoms with van der Waals surface area (Å²) < 4.78 is 5.16. The molecule has 1 aliphatic heterocycles. The SMILES string of the molecule is NC(=O)C1CCCCN1C(=O)COC(=O)c1ccccc1C(=O)c1ccccc1. The van der Waals surface area contributed by atoms with Gasteiger partial charge in [0.1, 0.15) is 6.04 Å². The molecule has 2 amide bonds. The number of primary amides is 1. The van der Waals surface area contributed by atoms with E-state index in [-0.39, 0.29) is 16.9 Å². The minimum Gasteiger partial charge on any atom is -0.452 e. The third-order valence-electron chi connectivity index (χ3n) is 4.91. The summed E-state index contributed by atoms with van der Waals surface area (Å²) in [6, 6.07) is 14.2. The van der Waals surface area contributed by atoms with Gasteiger partial charge in [-0.05, 0) is 25.3 Å². The minimum atomic E-state index is -0.772. The maximum Gasteiger partial charge on any atom is 0.339 e. The van der Waals surface area contributed by atoms with Crippen molar-refractivity contribution < 1.29 is 23.9 Å². The predicted molar refractivity (Wildman–Crippen MR) is 105 cm³/mol. The number of carbonyl (C=O) groups is 4. The highest BCUT2D eigenvalue weighted by molar-refractivity contribution is 6.14. The molecule has 1 unspecified atom stereocenters. The van der Waals surface area contributed by atoms with Crippen molar-refractivity contribution >= 4 is 23.6 Å². The van der Waals surface area contributed by atoms with Crippen LogP contribution in [0.3, 0.4) is 0 Å². The van der Waals surface area contributed by atoms with Gasteiger partial charge in [0.25, 0.3) is 5.91 Å². The number of rotatable bonds is 6. The molecule has 0 bridgehead atoms. The van der Waals surface area contributed by atoms with Gasteiger partial charge in [-0.1, -0.05) is 48.5 Å². The molecular weight excluding hydrogens is 372 g/mol. The Morgan fingerprint density at radius 1 is 0.931 bits per heavy atom. The Bertz CT molecular complexity index is 926. The minimum absolute atomic E-state index is 0.0826. The first-order chi connectivity index (χ1) is 14.0. The highest BCUT2D eigenvalue weighted by Crippen LogP contribution is 2.18. The molecule has 7 heteroatoms. The fourth-order valence-electron chi connectivity index (χ4n) is 3.42. The van der Waals surface area contributed by atoms with E-state index in [2.05, 4.69) is 0 Å². The van der Waals surface area contributed by atoms with Gasteiger partial charge in [-0.15, -0.1) is 0 Å². The van der Waals surface area contributed by atoms with Crippen LogP contribution in [0.4, 0.5) is 0 Å². The van der Waals surface area contributed by atoms with Crippen LogP contribution in [0, 0.1) is 0 Å². The quantitative estimate of drug-likeness (QED) is 0.595. The van der Waals surface area contributed by atoms with Crippen LogP contribution >= 0.6 is 0 Å². The lowest BCUT2D eigenvalue weighted by molar-refractivity contribution is -0.143. The number of ketones is 1. The Balaban J connectivity index is 1.71. The third kappa shape index (κ3) is 4.68. The molecule has 0 aromatic heterocycles. The average molecular weight is 394 g/mol. The van der Waals surface area contributed by atoms with Crippen LogP contribution in [0.5, 0.6) is 0 Å². The number of carbonyl (C=O) groups excluding carboxylic acids is 4. The van der Waals surface area contributed by atoms with Gasteiger partial charge in [0.05, 0.1) is 5.56 Å². The summed E-state index contributed by atoms with van der Waals surface area (Å²) in [5.74, 6) is -2.13. The van der Waals surface area contributed by atoms with E-state index in [1.54, 1.807) is 48.5 Å². The van der Waals surface area contributed by atoms with Gasteiger partial charge in [0.15, 0.2) is 12.4 Å². The molecule has 1 atom stereocenters. The zero-order valence-electron chi connectivity index (χ0n) is 15.9. The largest absolute Gasteiger partial charge is 0.452 e. The van der Waals surface area contributed by atoms with E-state index in [4.69, 9.17) is 10.5 Å². The number of likely N-dealkylation sites (tertiary alicyclic amines) is 1. The van der Waals surface area contributed by atoms with E-state index in [1.807, 2.05) is 0 Å². The summed E-state index contributed by atoms with van der Waals surface area (Å²) in [5.41, 5.74) is 6.10. The second kappa shape index (κ2) is 9.14. The molecule has 0 aliphatic carbocycles. The van der Waals surface area contributed by atoms with Crippen LogP contribution in [0.2, 0.25) is 0 Å². The zero-order valence-corrected chi connectivity index (χ0v) is 15.9. The second-order valence-electron chi connectivity index (χ2n) is 6.82. The maximum atomic E-state index is 12.7. The summed E-state index contributed by atoms with van der Waals surface area (Å²) >= 11 is 0. The summed E-state index contributed by atoms with van der Waals surface area (Å²) in [6.45, 7) is -0.121. The number of hydrogen-bond donors (Lipinski definition) is 1. The van der Waals surface area contributed by atoms with E-state index < -0.39 is 30.4 Å². The standard InChI is InChI=1S/C22H22N2O5/c23-21(27)18-12-6-7-13-24(18)19(25)14-29-22(28)17-11-5-4-10-16(17)20(26)15-8-2-1-3-9-15/h1-5,8-11,18H,6-7,12-14H2,(H2,23,27). The van der Waals surface area contributed by atoms with Crippen molar-refractivity contribution in [2.45, 2.75) is 25.3 Å². The van der Waals surface area contributed by atoms with Crippen LogP contribution < -0.4 is 5.73 Å². The number of benzene rings is 2. The molecule has 1 saturated heterocycles. The van der Waals surface area contributed by atoms with Crippen LogP contribution in [-0.4, -0.2) is 47.7 Å². The van der Waals surface area contributed by atoms with Gasteiger partial charge < -0.3 is 15.4 Å². The number of piperidine rings is 1. The van der Waals surface area contributed by atoms with E-state index in [0.717, 1.165) is 12.8 Å². The van der Waals surface area contributed by atoms with E-state index in [1.165, 1.54) is 11.0 Å². The molecule has 7 nitrogen and oxygen atoms in total. The second-order valence-corrected chi connectivity index (χ2v) is 6.82. The first-order valence-corrected chi connectivity index (χ1v) is 9.43. The highest BCUT2D eigenvalue weighted by atomic mass is 16.5. The summed E-state index contributed by atoms with van der Waals surface area (Å²) in [4.78, 5) is 50.7. The molecular formula is C22H22N2O5. The number of nitrogens with two attached hydrogens (primary N) is 1. The fourth-order valence-corrected chi connectivity index (χ4v) is 3.42. The van der Waals surface area contributed by atoms with Crippen LogP contribution in [-0.2, 0) is 14.3 Å². The lowest BCUT2D eigenvalue weighted by atomic mass is 9.98. The third-order valence-corrected chi connectivity index (χ3v) is 4.91. The number of amides is 2. The Hall–Kier alpha value is -3.48. The lowest BCUT2D eigenvalue weighted by Gasteiger charge is -2.33. The summed E-state index contributed by atoms with van der Waals surface area (Å²) in [7, 11) is 0. The van der Waals surface area contributed by atoms with Gasteiger partial charge in [-0.3, -0.25) is 14.4 Å². The summed E-state index contributed by atoms with van der Waals surface area (Å²) in [5, 5.41) is 0. The Kier molecular flexibility index (Phi) is 6.39. The van der Waals surface area contributed by atoms with Crippen molar-refractivity contribution in [2.24, 2.45) is 5.73 Å². The van der Waals surface area contributed by atoms with Crippen molar-refractivity contribution in [3.05, 3.63) is 71.3 Å². The molecule has 2 N–H and O–H groups in total. The number of hydrogen-bond acceptors (Lipinski definition) is 5. The van der Waals surface area contributed by atoms with Gasteiger partial charge in [-0.2, -0.15) is 0 Å². The van der Waals surface area contributed by atoms with E-state index in [9.17, 15) is 19.2 Å². The number of esters is 1. The lowest BCUT2D eigenvalue weighted by Crippen LogP contribution is -2.51. The smallest absolute Gasteiger partial charge is 0.339 e. The van der Waals surface area contributed by atoms with Gasteiger partial charge in [0, 0.05) is 17.7 Å². The number of ether oxygens (including phenoxy) is 1. The Morgan fingerprint density at radius 3 is 2.28 bits per heavy atom. The van der Waals surface area contributed by atoms with Gasteiger partial charge in [-0.25, -0.2) is 4.79 Å². The van der Waals surface area contributed by atoms with Crippen LogP contribution in [0.15, 0.2) is 54.6 Å². The molecule has 1 heterocycles. The molecule has 0 spiro atoms. The molecule has 1 fully saturated rings. The van der Waals surface area contributed by atoms with Crippen molar-refractivity contribution in [3.63, 3.8) is 0 Å². The molecule has 0 radical (unpaired) electrons. The molecule has 0 saturated carbocycles. The monoisotopic (exact) mass is 394 g/mol.